The van der Waals surface area contributed by atoms with Crippen LogP contribution in [-0.4, -0.2) is 16.5 Å². The fourth-order valence-electron chi connectivity index (χ4n) is 2.57. The van der Waals surface area contributed by atoms with Crippen LogP contribution in [0.3, 0.4) is 0 Å². The Bertz CT molecular complexity index is 356. The summed E-state index contributed by atoms with van der Waals surface area (Å²) in [5, 5.41) is 3.48. The van der Waals surface area contributed by atoms with Gasteiger partial charge in [-0.05, 0) is 24.7 Å². The number of rotatable bonds is 4. The number of aryl methyl sites for hydroxylation is 1. The summed E-state index contributed by atoms with van der Waals surface area (Å²) in [5.41, 5.74) is 1.56. The smallest absolute Gasteiger partial charge is 0.129 e. The van der Waals surface area contributed by atoms with Gasteiger partial charge in [0.25, 0.3) is 0 Å². The molecule has 1 fully saturated rings. The maximum atomic E-state index is 4.28. The minimum atomic E-state index is 0.454. The van der Waals surface area contributed by atoms with Crippen LogP contribution in [0.4, 0.5) is 5.82 Å². The molecule has 0 aromatic carbocycles. The third kappa shape index (κ3) is 3.42. The van der Waals surface area contributed by atoms with E-state index in [0.717, 1.165) is 24.5 Å². The second kappa shape index (κ2) is 5.48. The van der Waals surface area contributed by atoms with Crippen LogP contribution in [0.25, 0.3) is 0 Å². The van der Waals surface area contributed by atoms with Crippen LogP contribution in [-0.2, 0) is 6.42 Å². The summed E-state index contributed by atoms with van der Waals surface area (Å²) in [5.74, 6) is 0.976. The van der Waals surface area contributed by atoms with Gasteiger partial charge in [0.1, 0.15) is 12.1 Å². The van der Waals surface area contributed by atoms with Gasteiger partial charge in [-0.1, -0.05) is 33.1 Å². The van der Waals surface area contributed by atoms with Crippen LogP contribution in [0.2, 0.25) is 0 Å². The van der Waals surface area contributed by atoms with Crippen LogP contribution in [0, 0.1) is 5.41 Å². The van der Waals surface area contributed by atoms with Gasteiger partial charge in [-0.25, -0.2) is 9.97 Å². The maximum absolute atomic E-state index is 4.28. The summed E-state index contributed by atoms with van der Waals surface area (Å²) in [6.07, 6.45) is 9.46. The number of hydrogen-bond acceptors (Lipinski definition) is 3. The zero-order chi connectivity index (χ0) is 12.1. The van der Waals surface area contributed by atoms with Gasteiger partial charge < -0.3 is 5.32 Å². The van der Waals surface area contributed by atoms with E-state index in [1.807, 2.05) is 0 Å². The Labute approximate surface area is 104 Å². The van der Waals surface area contributed by atoms with E-state index in [1.165, 1.54) is 32.1 Å². The molecule has 2 rings (SSSR count). The van der Waals surface area contributed by atoms with Crippen molar-refractivity contribution >= 4 is 5.82 Å². The first kappa shape index (κ1) is 12.3. The van der Waals surface area contributed by atoms with Gasteiger partial charge in [0, 0.05) is 18.3 Å². The predicted molar refractivity (Wildman–Crippen MR) is 71.1 cm³/mol. The van der Waals surface area contributed by atoms with Crippen molar-refractivity contribution in [2.45, 2.75) is 52.4 Å². The molecule has 0 radical (unpaired) electrons. The lowest BCUT2D eigenvalue weighted by Gasteiger charge is -2.33. The van der Waals surface area contributed by atoms with Crippen LogP contribution in [0.1, 0.15) is 51.6 Å². The Morgan fingerprint density at radius 3 is 2.71 bits per heavy atom. The number of nitrogens with one attached hydrogen (secondary N) is 1. The zero-order valence-corrected chi connectivity index (χ0v) is 11.0. The van der Waals surface area contributed by atoms with Crippen molar-refractivity contribution < 1.29 is 0 Å². The van der Waals surface area contributed by atoms with Crippen molar-refractivity contribution in [2.75, 3.05) is 11.9 Å². The molecule has 94 valence electrons. The Balaban J connectivity index is 1.92. The van der Waals surface area contributed by atoms with Crippen LogP contribution < -0.4 is 5.32 Å². The van der Waals surface area contributed by atoms with Gasteiger partial charge in [0.15, 0.2) is 0 Å². The van der Waals surface area contributed by atoms with Crippen molar-refractivity contribution in [3.63, 3.8) is 0 Å². The summed E-state index contributed by atoms with van der Waals surface area (Å²) < 4.78 is 0. The molecule has 1 saturated carbocycles. The summed E-state index contributed by atoms with van der Waals surface area (Å²) >= 11 is 0. The van der Waals surface area contributed by atoms with Gasteiger partial charge in [0.2, 0.25) is 0 Å². The average Bonchev–Trinajstić information content (AvgIpc) is 2.38. The quantitative estimate of drug-likeness (QED) is 0.866. The minimum absolute atomic E-state index is 0.454. The molecule has 1 aromatic rings. The highest BCUT2D eigenvalue weighted by molar-refractivity contribution is 5.35. The average molecular weight is 233 g/mol. The van der Waals surface area contributed by atoms with Gasteiger partial charge >= 0.3 is 0 Å². The zero-order valence-electron chi connectivity index (χ0n) is 11.0. The Morgan fingerprint density at radius 2 is 2.00 bits per heavy atom. The van der Waals surface area contributed by atoms with Crippen molar-refractivity contribution in [3.05, 3.63) is 18.1 Å². The molecule has 3 heteroatoms. The third-order valence-electron chi connectivity index (χ3n) is 3.84. The van der Waals surface area contributed by atoms with E-state index in [4.69, 9.17) is 0 Å². The molecular formula is C14H23N3. The van der Waals surface area contributed by atoms with Crippen LogP contribution in [0.5, 0.6) is 0 Å². The fraction of sp³-hybridized carbons (Fsp3) is 0.714. The van der Waals surface area contributed by atoms with E-state index < -0.39 is 0 Å². The molecule has 0 spiro atoms. The van der Waals surface area contributed by atoms with Gasteiger partial charge in [-0.3, -0.25) is 0 Å². The van der Waals surface area contributed by atoms with Gasteiger partial charge in [-0.15, -0.1) is 0 Å². The lowest BCUT2D eigenvalue weighted by Crippen LogP contribution is -2.29. The first-order chi connectivity index (χ1) is 8.22. The number of anilines is 1. The number of hydrogen-bond donors (Lipinski definition) is 1. The summed E-state index contributed by atoms with van der Waals surface area (Å²) in [6, 6.07) is 2.06. The first-order valence-electron chi connectivity index (χ1n) is 6.77. The highest BCUT2D eigenvalue weighted by Crippen LogP contribution is 2.35. The largest absolute Gasteiger partial charge is 0.369 e. The van der Waals surface area contributed by atoms with E-state index in [2.05, 4.69) is 35.2 Å². The summed E-state index contributed by atoms with van der Waals surface area (Å²) in [6.45, 7) is 5.54. The molecule has 0 atom stereocenters. The number of aromatic nitrogens is 2. The molecule has 1 N–H and O–H groups in total. The fourth-order valence-corrected chi connectivity index (χ4v) is 2.57. The second-order valence-corrected chi connectivity index (χ2v) is 5.47. The molecule has 0 unspecified atom stereocenters. The monoisotopic (exact) mass is 233 g/mol. The Hall–Kier alpha value is -1.12. The first-order valence-corrected chi connectivity index (χ1v) is 6.77. The molecule has 0 aliphatic heterocycles. The third-order valence-corrected chi connectivity index (χ3v) is 3.84. The Morgan fingerprint density at radius 1 is 1.24 bits per heavy atom. The molecule has 17 heavy (non-hydrogen) atoms. The molecule has 1 heterocycles. The van der Waals surface area contributed by atoms with Crippen LogP contribution >= 0.6 is 0 Å². The van der Waals surface area contributed by atoms with Gasteiger partial charge in [-0.2, -0.15) is 0 Å². The van der Waals surface area contributed by atoms with E-state index in [9.17, 15) is 0 Å². The molecule has 1 aliphatic rings. The molecule has 1 aliphatic carbocycles. The molecule has 3 nitrogen and oxygen atoms in total. The van der Waals surface area contributed by atoms with Crippen molar-refractivity contribution in [3.8, 4) is 0 Å². The van der Waals surface area contributed by atoms with E-state index in [0.29, 0.717) is 5.41 Å². The maximum Gasteiger partial charge on any atom is 0.129 e. The van der Waals surface area contributed by atoms with Crippen LogP contribution in [0.15, 0.2) is 12.4 Å². The molecule has 0 amide bonds. The van der Waals surface area contributed by atoms with Gasteiger partial charge in [0.05, 0.1) is 0 Å². The lowest BCUT2D eigenvalue weighted by molar-refractivity contribution is 0.233. The van der Waals surface area contributed by atoms with E-state index in [-0.39, 0.29) is 0 Å². The molecular weight excluding hydrogens is 210 g/mol. The minimum Gasteiger partial charge on any atom is -0.369 e. The predicted octanol–water partition coefficient (Wildman–Crippen LogP) is 3.42. The summed E-state index contributed by atoms with van der Waals surface area (Å²) in [4.78, 5) is 8.50. The second-order valence-electron chi connectivity index (χ2n) is 5.47. The van der Waals surface area contributed by atoms with E-state index >= 15 is 0 Å². The van der Waals surface area contributed by atoms with Crippen molar-refractivity contribution in [1.29, 1.82) is 0 Å². The molecule has 0 saturated heterocycles. The standard InChI is InChI=1S/C14H23N3/c1-3-12-9-13(17-11-16-12)15-10-14(2)7-5-4-6-8-14/h9,11H,3-8,10H2,1-2H3,(H,15,16,17). The lowest BCUT2D eigenvalue weighted by atomic mass is 9.76. The number of nitrogens with zero attached hydrogens (tertiary/aromatic N) is 2. The van der Waals surface area contributed by atoms with Crippen molar-refractivity contribution in [1.82, 2.24) is 9.97 Å². The van der Waals surface area contributed by atoms with E-state index in [1.54, 1.807) is 6.33 Å². The topological polar surface area (TPSA) is 37.8 Å². The molecule has 1 aromatic heterocycles. The SMILES string of the molecule is CCc1cc(NCC2(C)CCCCC2)ncn1. The summed E-state index contributed by atoms with van der Waals surface area (Å²) in [7, 11) is 0. The normalized spacial score (nSPS) is 18.9. The highest BCUT2D eigenvalue weighted by atomic mass is 15.0. The Kier molecular flexibility index (Phi) is 3.97. The van der Waals surface area contributed by atoms with Crippen molar-refractivity contribution in [2.24, 2.45) is 5.41 Å². The highest BCUT2D eigenvalue weighted by Gasteiger charge is 2.26. The molecule has 0 bridgehead atoms.